The Labute approximate surface area is 230 Å². The van der Waals surface area contributed by atoms with Crippen molar-refractivity contribution in [2.45, 2.75) is 31.9 Å². The molecular formula is C30H29N3O5S. The third-order valence-corrected chi connectivity index (χ3v) is 6.81. The van der Waals surface area contributed by atoms with Gasteiger partial charge in [0, 0.05) is 5.38 Å². The van der Waals surface area contributed by atoms with Gasteiger partial charge in [0.25, 0.3) is 0 Å². The smallest absolute Gasteiger partial charge is 0.362 e. The molecule has 2 N–H and O–H groups in total. The van der Waals surface area contributed by atoms with Gasteiger partial charge >= 0.3 is 11.9 Å². The number of esters is 1. The van der Waals surface area contributed by atoms with Crippen LogP contribution in [0.2, 0.25) is 0 Å². The third kappa shape index (κ3) is 6.15. The van der Waals surface area contributed by atoms with Crippen LogP contribution in [0.3, 0.4) is 0 Å². The minimum Gasteiger partial charge on any atom is -0.478 e. The highest BCUT2D eigenvalue weighted by Crippen LogP contribution is 2.40. The zero-order chi connectivity index (χ0) is 27.7. The SMILES string of the molecule is CCOC(=O)C(=NOC(CC)C(=O)O)c1csc(NC(c2ccccc2)(c2ccccc2)c2ccccc2)n1. The van der Waals surface area contributed by atoms with E-state index < -0.39 is 23.6 Å². The number of ether oxygens (including phenoxy) is 1. The van der Waals surface area contributed by atoms with Crippen molar-refractivity contribution in [1.29, 1.82) is 0 Å². The average Bonchev–Trinajstić information content (AvgIpc) is 3.43. The number of carboxylic acid groups (broad SMARTS) is 1. The number of carboxylic acids is 1. The Bertz CT molecular complexity index is 1310. The van der Waals surface area contributed by atoms with Crippen molar-refractivity contribution in [3.63, 3.8) is 0 Å². The van der Waals surface area contributed by atoms with Crippen molar-refractivity contribution in [3.8, 4) is 0 Å². The number of benzene rings is 3. The topological polar surface area (TPSA) is 110 Å². The predicted molar refractivity (Wildman–Crippen MR) is 151 cm³/mol. The van der Waals surface area contributed by atoms with Crippen LogP contribution >= 0.6 is 11.3 Å². The fraction of sp³-hybridized carbons (Fsp3) is 0.200. The molecule has 8 nitrogen and oxygen atoms in total. The highest BCUT2D eigenvalue weighted by atomic mass is 32.1. The monoisotopic (exact) mass is 543 g/mol. The Morgan fingerprint density at radius 3 is 1.87 bits per heavy atom. The lowest BCUT2D eigenvalue weighted by atomic mass is 9.77. The molecule has 0 saturated carbocycles. The van der Waals surface area contributed by atoms with Crippen molar-refractivity contribution in [3.05, 3.63) is 119 Å². The van der Waals surface area contributed by atoms with Crippen LogP contribution in [0.4, 0.5) is 5.13 Å². The molecule has 1 aromatic heterocycles. The Balaban J connectivity index is 1.81. The minimum absolute atomic E-state index is 0.113. The number of carbonyl (C=O) groups excluding carboxylic acids is 1. The molecule has 0 bridgehead atoms. The second-order valence-corrected chi connectivity index (χ2v) is 9.37. The maximum Gasteiger partial charge on any atom is 0.362 e. The number of oxime groups is 1. The summed E-state index contributed by atoms with van der Waals surface area (Å²) in [5.74, 6) is -1.93. The van der Waals surface area contributed by atoms with Crippen LogP contribution in [0.5, 0.6) is 0 Å². The summed E-state index contributed by atoms with van der Waals surface area (Å²) in [5.41, 5.74) is 2.18. The van der Waals surface area contributed by atoms with Gasteiger partial charge in [-0.05, 0) is 30.0 Å². The number of nitrogens with one attached hydrogen (secondary N) is 1. The summed E-state index contributed by atoms with van der Waals surface area (Å²) in [7, 11) is 0. The van der Waals surface area contributed by atoms with Gasteiger partial charge in [-0.15, -0.1) is 11.3 Å². The second kappa shape index (κ2) is 12.8. The van der Waals surface area contributed by atoms with Gasteiger partial charge in [0.15, 0.2) is 5.13 Å². The van der Waals surface area contributed by atoms with E-state index in [1.165, 1.54) is 11.3 Å². The molecule has 0 aliphatic heterocycles. The second-order valence-electron chi connectivity index (χ2n) is 8.51. The molecule has 0 amide bonds. The number of aliphatic carboxylic acids is 1. The van der Waals surface area contributed by atoms with E-state index in [1.54, 1.807) is 19.2 Å². The first-order chi connectivity index (χ1) is 19.0. The molecule has 4 rings (SSSR count). The first-order valence-corrected chi connectivity index (χ1v) is 13.4. The van der Waals surface area contributed by atoms with E-state index in [9.17, 15) is 14.7 Å². The van der Waals surface area contributed by atoms with Crippen LogP contribution in [0.25, 0.3) is 0 Å². The normalized spacial score (nSPS) is 12.4. The third-order valence-electron chi connectivity index (χ3n) is 6.05. The van der Waals surface area contributed by atoms with Crippen molar-refractivity contribution in [2.24, 2.45) is 5.16 Å². The first-order valence-electron chi connectivity index (χ1n) is 12.5. The Hall–Kier alpha value is -4.50. The zero-order valence-electron chi connectivity index (χ0n) is 21.6. The summed E-state index contributed by atoms with van der Waals surface area (Å²) < 4.78 is 5.15. The number of rotatable bonds is 12. The van der Waals surface area contributed by atoms with E-state index in [-0.39, 0.29) is 24.4 Å². The van der Waals surface area contributed by atoms with Gasteiger partial charge in [-0.1, -0.05) is 103 Å². The van der Waals surface area contributed by atoms with Crippen LogP contribution < -0.4 is 5.32 Å². The van der Waals surface area contributed by atoms with Crippen molar-refractivity contribution < 1.29 is 24.3 Å². The summed E-state index contributed by atoms with van der Waals surface area (Å²) >= 11 is 1.29. The molecule has 200 valence electrons. The first kappa shape index (κ1) is 27.5. The summed E-state index contributed by atoms with van der Waals surface area (Å²) in [6, 6.07) is 30.1. The number of hydrogen-bond acceptors (Lipinski definition) is 8. The molecule has 39 heavy (non-hydrogen) atoms. The van der Waals surface area contributed by atoms with Crippen LogP contribution in [0, 0.1) is 0 Å². The molecule has 0 aliphatic carbocycles. The molecule has 4 aromatic rings. The van der Waals surface area contributed by atoms with E-state index >= 15 is 0 Å². The largest absolute Gasteiger partial charge is 0.478 e. The van der Waals surface area contributed by atoms with E-state index in [4.69, 9.17) is 9.57 Å². The van der Waals surface area contributed by atoms with E-state index in [0.29, 0.717) is 5.13 Å². The van der Waals surface area contributed by atoms with E-state index in [2.05, 4.69) is 51.9 Å². The molecule has 0 spiro atoms. The summed E-state index contributed by atoms with van der Waals surface area (Å²) in [6.45, 7) is 3.44. The zero-order valence-corrected chi connectivity index (χ0v) is 22.4. The molecule has 3 aromatic carbocycles. The van der Waals surface area contributed by atoms with Crippen LogP contribution in [0.15, 0.2) is 102 Å². The summed E-state index contributed by atoms with van der Waals surface area (Å²) in [6.07, 6.45) is -1.03. The minimum atomic E-state index is -1.20. The summed E-state index contributed by atoms with van der Waals surface area (Å²) in [4.78, 5) is 34.0. The average molecular weight is 544 g/mol. The number of aromatic nitrogens is 1. The van der Waals surface area contributed by atoms with Crippen molar-refractivity contribution in [2.75, 3.05) is 11.9 Å². The van der Waals surface area contributed by atoms with Crippen LogP contribution in [-0.4, -0.2) is 40.5 Å². The molecular weight excluding hydrogens is 514 g/mol. The number of hydrogen-bond donors (Lipinski definition) is 2. The molecule has 0 fully saturated rings. The highest BCUT2D eigenvalue weighted by molar-refractivity contribution is 7.14. The number of thiazole rings is 1. The van der Waals surface area contributed by atoms with Gasteiger partial charge in [0.1, 0.15) is 11.2 Å². The Morgan fingerprint density at radius 1 is 0.923 bits per heavy atom. The number of nitrogens with zero attached hydrogens (tertiary/aromatic N) is 2. The summed E-state index contributed by atoms with van der Waals surface area (Å²) in [5, 5.41) is 19.0. The number of anilines is 1. The van der Waals surface area contributed by atoms with E-state index in [1.807, 2.05) is 54.6 Å². The van der Waals surface area contributed by atoms with Crippen LogP contribution in [0.1, 0.15) is 42.7 Å². The van der Waals surface area contributed by atoms with E-state index in [0.717, 1.165) is 16.7 Å². The predicted octanol–water partition coefficient (Wildman–Crippen LogP) is 5.69. The Kier molecular flexibility index (Phi) is 9.06. The van der Waals surface area contributed by atoms with Crippen molar-refractivity contribution in [1.82, 2.24) is 4.98 Å². The van der Waals surface area contributed by atoms with Gasteiger partial charge in [-0.3, -0.25) is 0 Å². The molecule has 0 saturated heterocycles. The van der Waals surface area contributed by atoms with Gasteiger partial charge in [-0.25, -0.2) is 14.6 Å². The Morgan fingerprint density at radius 2 is 1.44 bits per heavy atom. The molecule has 0 radical (unpaired) electrons. The molecule has 1 atom stereocenters. The molecule has 9 heteroatoms. The highest BCUT2D eigenvalue weighted by Gasteiger charge is 2.37. The van der Waals surface area contributed by atoms with Crippen molar-refractivity contribution >= 4 is 34.1 Å². The van der Waals surface area contributed by atoms with Gasteiger partial charge in [-0.2, -0.15) is 0 Å². The lowest BCUT2D eigenvalue weighted by Gasteiger charge is -2.36. The standard InChI is InChI=1S/C30H29N3O5S/c1-3-25(27(34)35)38-33-26(28(36)37-4-2)24-20-39-29(31-24)32-30(21-14-8-5-9-15-21,22-16-10-6-11-17-22)23-18-12-7-13-19-23/h5-20,25H,3-4H2,1-2H3,(H,31,32)(H,34,35). The van der Waals surface area contributed by atoms with Gasteiger partial charge in [0.2, 0.25) is 11.8 Å². The molecule has 1 heterocycles. The lowest BCUT2D eigenvalue weighted by molar-refractivity contribution is -0.151. The number of carbonyl (C=O) groups is 2. The maximum absolute atomic E-state index is 12.7. The maximum atomic E-state index is 12.7. The fourth-order valence-electron chi connectivity index (χ4n) is 4.18. The molecule has 0 aliphatic rings. The quantitative estimate of drug-likeness (QED) is 0.102. The van der Waals surface area contributed by atoms with Gasteiger partial charge in [0.05, 0.1) is 6.61 Å². The lowest BCUT2D eigenvalue weighted by Crippen LogP contribution is -2.38. The van der Waals surface area contributed by atoms with Crippen LogP contribution in [-0.2, 0) is 24.7 Å². The fourth-order valence-corrected chi connectivity index (χ4v) is 4.93. The van der Waals surface area contributed by atoms with Gasteiger partial charge < -0.3 is 20.0 Å². The molecule has 1 unspecified atom stereocenters.